The van der Waals surface area contributed by atoms with Gasteiger partial charge in [0, 0.05) is 12.6 Å². The minimum atomic E-state index is -0.265. The number of hydrogen-bond donors (Lipinski definition) is 0. The van der Waals surface area contributed by atoms with Crippen molar-refractivity contribution >= 4 is 38.6 Å². The molecule has 0 aliphatic heterocycles. The summed E-state index contributed by atoms with van der Waals surface area (Å²) in [6, 6.07) is 3.24. The first-order valence-corrected chi connectivity index (χ1v) is 7.83. The van der Waals surface area contributed by atoms with E-state index in [1.165, 1.54) is 6.07 Å². The van der Waals surface area contributed by atoms with E-state index >= 15 is 0 Å². The lowest BCUT2D eigenvalue weighted by Crippen LogP contribution is -2.11. The molecule has 0 aliphatic carbocycles. The Balaban J connectivity index is 2.53. The summed E-state index contributed by atoms with van der Waals surface area (Å²) in [6.45, 7) is 5.18. The van der Waals surface area contributed by atoms with Gasteiger partial charge in [0.05, 0.1) is 21.4 Å². The van der Waals surface area contributed by atoms with Crippen LogP contribution in [0, 0.1) is 11.7 Å². The fourth-order valence-electron chi connectivity index (χ4n) is 2.28. The predicted molar refractivity (Wildman–Crippen MR) is 81.0 cm³/mol. The summed E-state index contributed by atoms with van der Waals surface area (Å²) in [6.07, 6.45) is 2.19. The highest BCUT2D eigenvalue weighted by atomic mass is 79.9. The van der Waals surface area contributed by atoms with Crippen LogP contribution in [0.2, 0.25) is 0 Å². The number of halogens is 3. The molecule has 0 radical (unpaired) electrons. The van der Waals surface area contributed by atoms with Gasteiger partial charge in [0.25, 0.3) is 0 Å². The molecule has 2 rings (SSSR count). The van der Waals surface area contributed by atoms with E-state index in [0.717, 1.165) is 36.2 Å². The maximum absolute atomic E-state index is 13.7. The van der Waals surface area contributed by atoms with Crippen molar-refractivity contribution in [1.29, 1.82) is 0 Å². The van der Waals surface area contributed by atoms with Crippen molar-refractivity contribution in [1.82, 2.24) is 9.55 Å². The summed E-state index contributed by atoms with van der Waals surface area (Å²) >= 11 is 9.16. The van der Waals surface area contributed by atoms with E-state index in [9.17, 15) is 4.39 Å². The van der Waals surface area contributed by atoms with Crippen LogP contribution in [0.5, 0.6) is 0 Å². The normalized spacial score (nSPS) is 11.7. The van der Waals surface area contributed by atoms with E-state index in [-0.39, 0.29) is 5.82 Å². The van der Waals surface area contributed by atoms with Gasteiger partial charge in [-0.05, 0) is 27.9 Å². The van der Waals surface area contributed by atoms with Gasteiger partial charge < -0.3 is 4.57 Å². The number of hydrogen-bond acceptors (Lipinski definition) is 1. The van der Waals surface area contributed by atoms with E-state index in [4.69, 9.17) is 11.6 Å². The second kappa shape index (κ2) is 6.23. The van der Waals surface area contributed by atoms with E-state index in [2.05, 4.69) is 39.3 Å². The second-order valence-corrected chi connectivity index (χ2v) is 5.83. The molecule has 5 heteroatoms. The van der Waals surface area contributed by atoms with Gasteiger partial charge in [-0.2, -0.15) is 0 Å². The second-order valence-electron chi connectivity index (χ2n) is 4.71. The third-order valence-electron chi connectivity index (χ3n) is 3.58. The number of fused-ring (bicyclic) bond motifs is 1. The molecule has 0 amide bonds. The Morgan fingerprint density at radius 2 is 2.05 bits per heavy atom. The van der Waals surface area contributed by atoms with Gasteiger partial charge in [-0.15, -0.1) is 11.6 Å². The lowest BCUT2D eigenvalue weighted by Gasteiger charge is -2.15. The summed E-state index contributed by atoms with van der Waals surface area (Å²) in [5.74, 6) is 1.44. The van der Waals surface area contributed by atoms with Crippen molar-refractivity contribution in [3.05, 3.63) is 28.2 Å². The van der Waals surface area contributed by atoms with Crippen molar-refractivity contribution in [3.8, 4) is 0 Å². The molecule has 0 unspecified atom stereocenters. The molecule has 1 aromatic carbocycles. The number of nitrogens with zero attached hydrogens (tertiary/aromatic N) is 2. The molecule has 104 valence electrons. The average molecular weight is 348 g/mol. The average Bonchev–Trinajstić information content (AvgIpc) is 2.73. The molecule has 0 saturated heterocycles. The van der Waals surface area contributed by atoms with Gasteiger partial charge >= 0.3 is 0 Å². The molecular weight excluding hydrogens is 331 g/mol. The van der Waals surface area contributed by atoms with Gasteiger partial charge in [-0.25, -0.2) is 9.37 Å². The number of aromatic nitrogens is 2. The monoisotopic (exact) mass is 346 g/mol. The van der Waals surface area contributed by atoms with E-state index < -0.39 is 0 Å². The van der Waals surface area contributed by atoms with Crippen LogP contribution in [0.1, 0.15) is 32.5 Å². The van der Waals surface area contributed by atoms with Gasteiger partial charge in [0.2, 0.25) is 0 Å². The maximum atomic E-state index is 13.7. The molecule has 0 spiro atoms. The molecule has 0 fully saturated rings. The highest BCUT2D eigenvalue weighted by Crippen LogP contribution is 2.26. The van der Waals surface area contributed by atoms with Crippen LogP contribution >= 0.6 is 27.5 Å². The van der Waals surface area contributed by atoms with Crippen LogP contribution in [-0.4, -0.2) is 9.55 Å². The van der Waals surface area contributed by atoms with Gasteiger partial charge in [-0.1, -0.05) is 26.7 Å². The Bertz CT molecular complexity index is 578. The van der Waals surface area contributed by atoms with Crippen molar-refractivity contribution in [2.75, 3.05) is 0 Å². The van der Waals surface area contributed by atoms with Crippen LogP contribution in [0.15, 0.2) is 16.6 Å². The predicted octanol–water partition coefficient (Wildman–Crippen LogP) is 5.11. The van der Waals surface area contributed by atoms with E-state index in [1.54, 1.807) is 6.07 Å². The Morgan fingerprint density at radius 1 is 1.37 bits per heavy atom. The van der Waals surface area contributed by atoms with Crippen LogP contribution in [0.4, 0.5) is 4.39 Å². The van der Waals surface area contributed by atoms with Crippen LogP contribution in [-0.2, 0) is 12.4 Å². The van der Waals surface area contributed by atoms with Gasteiger partial charge in [-0.3, -0.25) is 0 Å². The highest BCUT2D eigenvalue weighted by Gasteiger charge is 2.15. The lowest BCUT2D eigenvalue weighted by atomic mass is 10.0. The molecule has 0 bridgehead atoms. The third-order valence-corrected chi connectivity index (χ3v) is 4.43. The Hall–Kier alpha value is -0.610. The first kappa shape index (κ1) is 14.8. The molecule has 1 heterocycles. The topological polar surface area (TPSA) is 17.8 Å². The van der Waals surface area contributed by atoms with Crippen LogP contribution < -0.4 is 0 Å². The highest BCUT2D eigenvalue weighted by molar-refractivity contribution is 9.10. The van der Waals surface area contributed by atoms with Gasteiger partial charge in [0.15, 0.2) is 0 Å². The largest absolute Gasteiger partial charge is 0.327 e. The van der Waals surface area contributed by atoms with Crippen LogP contribution in [0.3, 0.4) is 0 Å². The Morgan fingerprint density at radius 3 is 2.63 bits per heavy atom. The van der Waals surface area contributed by atoms with Crippen LogP contribution in [0.25, 0.3) is 11.0 Å². The molecule has 0 N–H and O–H groups in total. The zero-order valence-corrected chi connectivity index (χ0v) is 13.4. The minimum absolute atomic E-state index is 0.265. The number of benzene rings is 1. The fourth-order valence-corrected chi connectivity index (χ4v) is 2.82. The van der Waals surface area contributed by atoms with Crippen molar-refractivity contribution < 1.29 is 4.39 Å². The first-order chi connectivity index (χ1) is 9.10. The zero-order valence-electron chi connectivity index (χ0n) is 11.1. The van der Waals surface area contributed by atoms with E-state index in [1.807, 2.05) is 0 Å². The molecule has 1 aromatic heterocycles. The van der Waals surface area contributed by atoms with Gasteiger partial charge in [0.1, 0.15) is 11.6 Å². The first-order valence-electron chi connectivity index (χ1n) is 6.50. The standard InChI is InChI=1S/C14H17BrClFN2/c1-3-9(4-2)8-19-13-6-11(17)10(15)5-12(13)18-14(19)7-16/h5-6,9H,3-4,7-8H2,1-2H3. The summed E-state index contributed by atoms with van der Waals surface area (Å²) in [5, 5.41) is 0. The fraction of sp³-hybridized carbons (Fsp3) is 0.500. The summed E-state index contributed by atoms with van der Waals surface area (Å²) in [7, 11) is 0. The van der Waals surface area contributed by atoms with E-state index in [0.29, 0.717) is 16.3 Å². The SMILES string of the molecule is CCC(CC)Cn1c(CCl)nc2cc(Br)c(F)cc21. The zero-order chi connectivity index (χ0) is 14.0. The third kappa shape index (κ3) is 2.95. The summed E-state index contributed by atoms with van der Waals surface area (Å²) in [4.78, 5) is 4.49. The minimum Gasteiger partial charge on any atom is -0.327 e. The molecule has 2 aromatic rings. The molecular formula is C14H17BrClFN2. The number of rotatable bonds is 5. The maximum Gasteiger partial charge on any atom is 0.139 e. The van der Waals surface area contributed by atoms with Crippen molar-refractivity contribution in [2.45, 2.75) is 39.1 Å². The Kier molecular flexibility index (Phi) is 4.85. The van der Waals surface area contributed by atoms with Crippen molar-refractivity contribution in [2.24, 2.45) is 5.92 Å². The molecule has 0 aliphatic rings. The number of imidazole rings is 1. The quantitative estimate of drug-likeness (QED) is 0.687. The lowest BCUT2D eigenvalue weighted by molar-refractivity contribution is 0.419. The molecule has 0 saturated carbocycles. The molecule has 0 atom stereocenters. The summed E-state index contributed by atoms with van der Waals surface area (Å²) < 4.78 is 16.2. The Labute approximate surface area is 126 Å². The number of alkyl halides is 1. The summed E-state index contributed by atoms with van der Waals surface area (Å²) in [5.41, 5.74) is 1.61. The smallest absolute Gasteiger partial charge is 0.139 e. The molecule has 2 nitrogen and oxygen atoms in total. The van der Waals surface area contributed by atoms with Crippen molar-refractivity contribution in [3.63, 3.8) is 0 Å². The molecule has 19 heavy (non-hydrogen) atoms.